The van der Waals surface area contributed by atoms with E-state index in [2.05, 4.69) is 57.2 Å². The summed E-state index contributed by atoms with van der Waals surface area (Å²) in [7, 11) is 0. The van der Waals surface area contributed by atoms with Crippen LogP contribution in [0.25, 0.3) is 22.8 Å². The normalized spacial score (nSPS) is 12.9. The summed E-state index contributed by atoms with van der Waals surface area (Å²) in [5, 5.41) is 8.85. The predicted octanol–water partition coefficient (Wildman–Crippen LogP) is 7.75. The molecule has 8 nitrogen and oxygen atoms in total. The van der Waals surface area contributed by atoms with E-state index in [1.165, 1.54) is 46.6 Å². The number of urea groups is 1. The molecule has 2 heterocycles. The third-order valence-corrected chi connectivity index (χ3v) is 7.86. The maximum atomic E-state index is 15.1. The van der Waals surface area contributed by atoms with Crippen LogP contribution in [0.5, 0.6) is 5.75 Å². The minimum absolute atomic E-state index is 0.266. The minimum Gasteiger partial charge on any atom is -0.406 e. The van der Waals surface area contributed by atoms with E-state index in [0.717, 1.165) is 22.5 Å². The van der Waals surface area contributed by atoms with E-state index >= 15 is 4.39 Å². The highest BCUT2D eigenvalue weighted by Crippen LogP contribution is 2.26. The summed E-state index contributed by atoms with van der Waals surface area (Å²) in [5.74, 6) is 0.260. The number of amides is 2. The Morgan fingerprint density at radius 2 is 1.76 bits per heavy atom. The number of nitrogens with zero attached hydrogens (tertiary/aromatic N) is 5. The highest BCUT2D eigenvalue weighted by Gasteiger charge is 2.31. The minimum atomic E-state index is -4.78. The fourth-order valence-electron chi connectivity index (χ4n) is 4.68. The molecule has 2 amide bonds. The number of alkyl halides is 4. The lowest BCUT2D eigenvalue weighted by Crippen LogP contribution is -2.27. The topological polar surface area (TPSA) is 86.3 Å². The van der Waals surface area contributed by atoms with Gasteiger partial charge in [-0.2, -0.15) is 4.99 Å². The number of halogens is 4. The monoisotopic (exact) mass is 638 g/mol. The van der Waals surface area contributed by atoms with Crippen molar-refractivity contribution in [2.45, 2.75) is 46.1 Å². The second-order valence-electron chi connectivity index (χ2n) is 10.7. The third kappa shape index (κ3) is 7.66. The Morgan fingerprint density at radius 3 is 2.42 bits per heavy atom. The van der Waals surface area contributed by atoms with Crippen molar-refractivity contribution in [3.8, 4) is 28.5 Å². The Labute approximate surface area is 260 Å². The smallest absolute Gasteiger partial charge is 0.406 e. The van der Waals surface area contributed by atoms with Gasteiger partial charge in [0, 0.05) is 16.6 Å². The van der Waals surface area contributed by atoms with Crippen LogP contribution in [0.15, 0.2) is 83.4 Å². The van der Waals surface area contributed by atoms with Gasteiger partial charge in [0.15, 0.2) is 10.6 Å². The predicted molar refractivity (Wildman–Crippen MR) is 163 cm³/mol. The van der Waals surface area contributed by atoms with Crippen LogP contribution in [0.2, 0.25) is 0 Å². The van der Waals surface area contributed by atoms with Crippen LogP contribution in [-0.2, 0) is 0 Å². The first-order valence-electron chi connectivity index (χ1n) is 14.0. The zero-order chi connectivity index (χ0) is 32.3. The van der Waals surface area contributed by atoms with E-state index < -0.39 is 18.6 Å². The van der Waals surface area contributed by atoms with Crippen molar-refractivity contribution in [2.24, 2.45) is 4.99 Å². The van der Waals surface area contributed by atoms with Crippen LogP contribution >= 0.6 is 11.3 Å². The van der Waals surface area contributed by atoms with Gasteiger partial charge in [0.2, 0.25) is 0 Å². The molecule has 0 aliphatic heterocycles. The van der Waals surface area contributed by atoms with Crippen LogP contribution < -0.4 is 14.9 Å². The van der Waals surface area contributed by atoms with E-state index in [1.54, 1.807) is 24.3 Å². The summed E-state index contributed by atoms with van der Waals surface area (Å²) < 4.78 is 59.5. The average molecular weight is 639 g/mol. The SMILES string of the molecule is Cc1ccc(C(C)C)c(-n2c(C)csc2=NC(=O)NCC(F)c2ccc(-c3ncn(-c4ccc(OC(F)(F)F)cc4)n3)cc2)c1. The van der Waals surface area contributed by atoms with Gasteiger partial charge in [0.25, 0.3) is 0 Å². The fourth-order valence-corrected chi connectivity index (χ4v) is 5.55. The Kier molecular flexibility index (Phi) is 9.19. The number of thiazole rings is 1. The zero-order valence-electron chi connectivity index (χ0n) is 24.8. The molecule has 0 fully saturated rings. The molecule has 0 bridgehead atoms. The summed E-state index contributed by atoms with van der Waals surface area (Å²) in [5.41, 5.74) is 5.56. The quantitative estimate of drug-likeness (QED) is 0.176. The first-order chi connectivity index (χ1) is 21.4. The molecule has 0 radical (unpaired) electrons. The Bertz CT molecular complexity index is 1860. The van der Waals surface area contributed by atoms with Gasteiger partial charge in [-0.15, -0.1) is 29.6 Å². The molecule has 0 aliphatic carbocycles. The number of ether oxygens (including phenoxy) is 1. The Morgan fingerprint density at radius 1 is 1.04 bits per heavy atom. The van der Waals surface area contributed by atoms with Crippen molar-refractivity contribution in [3.63, 3.8) is 0 Å². The van der Waals surface area contributed by atoms with Gasteiger partial charge in [-0.1, -0.05) is 50.2 Å². The molecule has 45 heavy (non-hydrogen) atoms. The number of aromatic nitrogens is 4. The Hall–Kier alpha value is -4.78. The molecule has 0 saturated heterocycles. The van der Waals surface area contributed by atoms with E-state index in [-0.39, 0.29) is 18.2 Å². The average Bonchev–Trinajstić information content (AvgIpc) is 3.62. The molecule has 0 spiro atoms. The highest BCUT2D eigenvalue weighted by molar-refractivity contribution is 7.07. The van der Waals surface area contributed by atoms with Crippen LogP contribution in [0, 0.1) is 13.8 Å². The lowest BCUT2D eigenvalue weighted by Gasteiger charge is -2.16. The molecule has 1 N–H and O–H groups in total. The summed E-state index contributed by atoms with van der Waals surface area (Å²) in [6.07, 6.45) is -4.84. The van der Waals surface area contributed by atoms with Crippen molar-refractivity contribution < 1.29 is 27.1 Å². The standard InChI is InChI=1S/C32H30F4N6O2S/c1-19(2)26-14-5-20(3)15-28(26)42-21(4)17-45-31(42)39-30(43)37-16-27(33)22-6-8-23(9-7-22)29-38-18-41(40-29)24-10-12-25(13-11-24)44-32(34,35)36/h5-15,17-19,27H,16H2,1-4H3,(H,37,43). The molecule has 234 valence electrons. The van der Waals surface area contributed by atoms with Crippen molar-refractivity contribution >= 4 is 17.4 Å². The number of nitrogens with one attached hydrogen (secondary N) is 1. The molecule has 13 heteroatoms. The number of aryl methyl sites for hydroxylation is 2. The van der Waals surface area contributed by atoms with Crippen LogP contribution in [0.3, 0.4) is 0 Å². The largest absolute Gasteiger partial charge is 0.573 e. The van der Waals surface area contributed by atoms with Gasteiger partial charge in [-0.3, -0.25) is 4.57 Å². The molecular weight excluding hydrogens is 608 g/mol. The summed E-state index contributed by atoms with van der Waals surface area (Å²) in [6, 6.07) is 17.2. The molecule has 1 unspecified atom stereocenters. The third-order valence-electron chi connectivity index (χ3n) is 6.91. The van der Waals surface area contributed by atoms with Crippen molar-refractivity contribution in [2.75, 3.05) is 6.54 Å². The number of carbonyl (C=O) groups excluding carboxylic acids is 1. The second-order valence-corrected chi connectivity index (χ2v) is 11.5. The van der Waals surface area contributed by atoms with Crippen LogP contribution in [0.1, 0.15) is 48.3 Å². The van der Waals surface area contributed by atoms with Crippen molar-refractivity contribution in [1.82, 2.24) is 24.6 Å². The van der Waals surface area contributed by atoms with Gasteiger partial charge in [0.1, 0.15) is 18.2 Å². The lowest BCUT2D eigenvalue weighted by atomic mass is 9.99. The molecule has 3 aromatic carbocycles. The molecule has 0 aliphatic rings. The lowest BCUT2D eigenvalue weighted by molar-refractivity contribution is -0.274. The van der Waals surface area contributed by atoms with Gasteiger partial charge in [0.05, 0.1) is 17.9 Å². The van der Waals surface area contributed by atoms with Gasteiger partial charge in [-0.25, -0.2) is 18.9 Å². The zero-order valence-corrected chi connectivity index (χ0v) is 25.7. The number of hydrogen-bond acceptors (Lipinski definition) is 5. The van der Waals surface area contributed by atoms with Crippen molar-refractivity contribution in [3.05, 3.63) is 106 Å². The Balaban J connectivity index is 1.23. The maximum absolute atomic E-state index is 15.1. The maximum Gasteiger partial charge on any atom is 0.573 e. The van der Waals surface area contributed by atoms with E-state index in [9.17, 15) is 18.0 Å². The van der Waals surface area contributed by atoms with Crippen molar-refractivity contribution in [1.29, 1.82) is 0 Å². The first-order valence-corrected chi connectivity index (χ1v) is 14.9. The van der Waals surface area contributed by atoms with Crippen LogP contribution in [0.4, 0.5) is 22.4 Å². The number of carbonyl (C=O) groups is 1. The molecule has 5 rings (SSSR count). The van der Waals surface area contributed by atoms with Crippen LogP contribution in [-0.4, -0.2) is 38.3 Å². The molecule has 2 aromatic heterocycles. The molecular formula is C32H30F4N6O2S. The number of rotatable bonds is 8. The second kappa shape index (κ2) is 13.1. The molecule has 5 aromatic rings. The highest BCUT2D eigenvalue weighted by atomic mass is 32.1. The van der Waals surface area contributed by atoms with Gasteiger partial charge in [-0.05, 0) is 66.8 Å². The number of hydrogen-bond donors (Lipinski definition) is 1. The van der Waals surface area contributed by atoms with E-state index in [0.29, 0.717) is 27.4 Å². The first kappa shape index (κ1) is 31.6. The fraction of sp³-hybridized carbons (Fsp3) is 0.250. The van der Waals surface area contributed by atoms with E-state index in [4.69, 9.17) is 0 Å². The summed E-state index contributed by atoms with van der Waals surface area (Å²) in [4.78, 5) is 21.7. The summed E-state index contributed by atoms with van der Waals surface area (Å²) >= 11 is 1.34. The number of benzene rings is 3. The summed E-state index contributed by atoms with van der Waals surface area (Å²) in [6.45, 7) is 7.92. The van der Waals surface area contributed by atoms with E-state index in [1.807, 2.05) is 23.8 Å². The molecule has 0 saturated carbocycles. The van der Waals surface area contributed by atoms with Gasteiger partial charge >= 0.3 is 12.4 Å². The molecule has 1 atom stereocenters. The van der Waals surface area contributed by atoms with Gasteiger partial charge < -0.3 is 10.1 Å².